The van der Waals surface area contributed by atoms with Crippen LogP contribution < -0.4 is 16.4 Å². The van der Waals surface area contributed by atoms with Crippen LogP contribution in [0.3, 0.4) is 0 Å². The molecule has 4 aromatic rings. The number of nitrogens with zero attached hydrogens (tertiary/aromatic N) is 3. The summed E-state index contributed by atoms with van der Waals surface area (Å²) in [6.45, 7) is 3.29. The molecular weight excluding hydrogens is 513 g/mol. The van der Waals surface area contributed by atoms with Crippen molar-refractivity contribution in [1.82, 2.24) is 25.3 Å². The summed E-state index contributed by atoms with van der Waals surface area (Å²) in [4.78, 5) is 29.5. The van der Waals surface area contributed by atoms with Gasteiger partial charge in [0.2, 0.25) is 11.9 Å². The van der Waals surface area contributed by atoms with Gasteiger partial charge in [-0.1, -0.05) is 30.3 Å². The molecule has 1 atom stereocenters. The van der Waals surface area contributed by atoms with Crippen LogP contribution in [0.15, 0.2) is 66.9 Å². The number of nitrogens with one attached hydrogen (secondary N) is 3. The first-order valence-corrected chi connectivity index (χ1v) is 13.2. The van der Waals surface area contributed by atoms with Crippen LogP contribution in [0.2, 0.25) is 0 Å². The van der Waals surface area contributed by atoms with Gasteiger partial charge < -0.3 is 30.8 Å². The van der Waals surface area contributed by atoms with E-state index in [2.05, 4.69) is 20.6 Å². The van der Waals surface area contributed by atoms with E-state index >= 15 is 0 Å². The van der Waals surface area contributed by atoms with Gasteiger partial charge in [0.05, 0.1) is 48.7 Å². The molecule has 5 rings (SSSR count). The molecular formula is C29H32FN7O3. The van der Waals surface area contributed by atoms with Gasteiger partial charge in [0.1, 0.15) is 11.6 Å². The second-order valence-electron chi connectivity index (χ2n) is 9.53. The van der Waals surface area contributed by atoms with Crippen LogP contribution in [0.25, 0.3) is 22.6 Å². The number of benzene rings is 2. The summed E-state index contributed by atoms with van der Waals surface area (Å²) in [7, 11) is 0. The van der Waals surface area contributed by atoms with Crippen molar-refractivity contribution in [2.24, 2.45) is 11.7 Å². The summed E-state index contributed by atoms with van der Waals surface area (Å²) in [5, 5.41) is 6.10. The topological polar surface area (TPSA) is 140 Å². The smallest absolute Gasteiger partial charge is 0.227 e. The molecule has 1 unspecified atom stereocenters. The number of imidazole rings is 1. The third-order valence-corrected chi connectivity index (χ3v) is 6.57. The lowest BCUT2D eigenvalue weighted by molar-refractivity contribution is -0.200. The maximum Gasteiger partial charge on any atom is 0.227 e. The highest BCUT2D eigenvalue weighted by Crippen LogP contribution is 2.31. The second-order valence-corrected chi connectivity index (χ2v) is 9.53. The number of aromatic nitrogens is 4. The Morgan fingerprint density at radius 2 is 1.85 bits per heavy atom. The Bertz CT molecular complexity index is 1410. The number of carbonyl (C=O) groups excluding carboxylic acids is 1. The number of rotatable bonds is 10. The molecule has 40 heavy (non-hydrogen) atoms. The van der Waals surface area contributed by atoms with Gasteiger partial charge in [-0.3, -0.25) is 4.79 Å². The van der Waals surface area contributed by atoms with Crippen molar-refractivity contribution in [3.8, 4) is 22.6 Å². The molecule has 1 saturated heterocycles. The summed E-state index contributed by atoms with van der Waals surface area (Å²) >= 11 is 0. The number of halogens is 1. The zero-order valence-corrected chi connectivity index (χ0v) is 22.1. The van der Waals surface area contributed by atoms with E-state index in [9.17, 15) is 9.18 Å². The van der Waals surface area contributed by atoms with Crippen LogP contribution in [0, 0.1) is 11.7 Å². The predicted octanol–water partition coefficient (Wildman–Crippen LogP) is 3.45. The van der Waals surface area contributed by atoms with E-state index in [0.29, 0.717) is 48.4 Å². The molecule has 0 saturated carbocycles. The minimum absolute atomic E-state index is 0.00726. The zero-order chi connectivity index (χ0) is 27.9. The molecule has 5 N–H and O–H groups in total. The SMILES string of the molecule is CC(Nc1nccc(-c2[nH]c(CC3OCC(C(=O)NCCN)CO3)nc2-c2ccc(F)cc2)n1)c1ccccc1. The van der Waals surface area contributed by atoms with Crippen molar-refractivity contribution in [3.63, 3.8) is 0 Å². The number of nitrogens with two attached hydrogens (primary N) is 1. The second kappa shape index (κ2) is 12.8. The number of anilines is 1. The quantitative estimate of drug-likeness (QED) is 0.238. The molecule has 0 aliphatic carbocycles. The van der Waals surface area contributed by atoms with Gasteiger partial charge in [-0.25, -0.2) is 19.3 Å². The van der Waals surface area contributed by atoms with Crippen LogP contribution in [0.5, 0.6) is 0 Å². The van der Waals surface area contributed by atoms with Crippen molar-refractivity contribution in [2.45, 2.75) is 25.7 Å². The van der Waals surface area contributed by atoms with Gasteiger partial charge in [-0.05, 0) is 42.8 Å². The lowest BCUT2D eigenvalue weighted by atomic mass is 10.1. The summed E-state index contributed by atoms with van der Waals surface area (Å²) in [6.07, 6.45) is 1.43. The lowest BCUT2D eigenvalue weighted by Crippen LogP contribution is -2.43. The van der Waals surface area contributed by atoms with Crippen LogP contribution in [-0.2, 0) is 20.7 Å². The first-order valence-electron chi connectivity index (χ1n) is 13.2. The van der Waals surface area contributed by atoms with Gasteiger partial charge in [0, 0.05) is 24.8 Å². The van der Waals surface area contributed by atoms with Gasteiger partial charge in [0.15, 0.2) is 6.29 Å². The number of ether oxygens (including phenoxy) is 2. The standard InChI is InChI=1S/C29H32FN7O3/c1-18(19-5-3-2-4-6-19)34-29-33-13-11-23(35-29)27-26(20-7-9-22(30)10-8-20)36-24(37-27)15-25-39-16-21(17-40-25)28(38)32-14-12-31/h2-11,13,18,21,25H,12,14-17,31H2,1H3,(H,32,38)(H,36,37)(H,33,34,35). The van der Waals surface area contributed by atoms with Crippen molar-refractivity contribution >= 4 is 11.9 Å². The third-order valence-electron chi connectivity index (χ3n) is 6.57. The number of hydrogen-bond acceptors (Lipinski definition) is 8. The first kappa shape index (κ1) is 27.4. The summed E-state index contributed by atoms with van der Waals surface area (Å²) in [6, 6.07) is 18.0. The maximum atomic E-state index is 13.7. The normalized spacial score (nSPS) is 17.8. The average Bonchev–Trinajstić information content (AvgIpc) is 3.41. The van der Waals surface area contributed by atoms with E-state index in [0.717, 1.165) is 11.1 Å². The van der Waals surface area contributed by atoms with E-state index < -0.39 is 12.2 Å². The molecule has 0 radical (unpaired) electrons. The van der Waals surface area contributed by atoms with Gasteiger partial charge in [-0.2, -0.15) is 0 Å². The third kappa shape index (κ3) is 6.68. The van der Waals surface area contributed by atoms with Crippen LogP contribution >= 0.6 is 0 Å². The molecule has 10 nitrogen and oxygen atoms in total. The number of hydrogen-bond donors (Lipinski definition) is 4. The van der Waals surface area contributed by atoms with Crippen molar-refractivity contribution in [2.75, 3.05) is 31.6 Å². The van der Waals surface area contributed by atoms with Gasteiger partial charge >= 0.3 is 0 Å². The summed E-state index contributed by atoms with van der Waals surface area (Å²) in [5.74, 6) is 0.204. The molecule has 2 aromatic heterocycles. The number of H-pyrrole nitrogens is 1. The first-order chi connectivity index (χ1) is 19.5. The summed E-state index contributed by atoms with van der Waals surface area (Å²) < 4.78 is 25.3. The zero-order valence-electron chi connectivity index (χ0n) is 22.1. The molecule has 208 valence electrons. The Morgan fingerprint density at radius 1 is 1.10 bits per heavy atom. The van der Waals surface area contributed by atoms with Crippen LogP contribution in [0.1, 0.15) is 24.4 Å². The predicted molar refractivity (Wildman–Crippen MR) is 148 cm³/mol. The number of aromatic amines is 1. The summed E-state index contributed by atoms with van der Waals surface area (Å²) in [5.41, 5.74) is 9.20. The largest absolute Gasteiger partial charge is 0.354 e. The Balaban J connectivity index is 1.36. The minimum atomic E-state index is -0.576. The van der Waals surface area contributed by atoms with Crippen molar-refractivity contribution in [1.29, 1.82) is 0 Å². The molecule has 0 bridgehead atoms. The lowest BCUT2D eigenvalue weighted by Gasteiger charge is -2.28. The Hall–Kier alpha value is -4.19. The number of amides is 1. The molecule has 11 heteroatoms. The Kier molecular flexibility index (Phi) is 8.74. The molecule has 0 spiro atoms. The minimum Gasteiger partial charge on any atom is -0.354 e. The maximum absolute atomic E-state index is 13.7. The Labute approximate surface area is 231 Å². The van der Waals surface area contributed by atoms with Gasteiger partial charge in [0.25, 0.3) is 0 Å². The Morgan fingerprint density at radius 3 is 2.58 bits per heavy atom. The molecule has 2 aromatic carbocycles. The van der Waals surface area contributed by atoms with E-state index in [1.807, 2.05) is 37.3 Å². The van der Waals surface area contributed by atoms with E-state index in [-0.39, 0.29) is 31.0 Å². The molecule has 1 aliphatic heterocycles. The van der Waals surface area contributed by atoms with E-state index in [1.54, 1.807) is 24.4 Å². The average molecular weight is 546 g/mol. The van der Waals surface area contributed by atoms with Crippen LogP contribution in [-0.4, -0.2) is 58.4 Å². The molecule has 1 amide bonds. The van der Waals surface area contributed by atoms with Crippen LogP contribution in [0.4, 0.5) is 10.3 Å². The fourth-order valence-corrected chi connectivity index (χ4v) is 4.42. The number of carbonyl (C=O) groups is 1. The highest BCUT2D eigenvalue weighted by molar-refractivity contribution is 5.79. The van der Waals surface area contributed by atoms with Crippen molar-refractivity contribution < 1.29 is 18.7 Å². The van der Waals surface area contributed by atoms with Crippen molar-refractivity contribution in [3.05, 3.63) is 84.1 Å². The fraction of sp³-hybridized carbons (Fsp3) is 0.310. The highest BCUT2D eigenvalue weighted by Gasteiger charge is 2.28. The van der Waals surface area contributed by atoms with Gasteiger partial charge in [-0.15, -0.1) is 0 Å². The molecule has 3 heterocycles. The van der Waals surface area contributed by atoms with E-state index in [4.69, 9.17) is 25.2 Å². The molecule has 1 fully saturated rings. The molecule has 1 aliphatic rings. The monoisotopic (exact) mass is 545 g/mol. The highest BCUT2D eigenvalue weighted by atomic mass is 19.1. The fourth-order valence-electron chi connectivity index (χ4n) is 4.42. The van der Waals surface area contributed by atoms with E-state index in [1.165, 1.54) is 12.1 Å².